The Labute approximate surface area is 178 Å². The number of carbonyl (C=O) groups is 1. The van der Waals surface area contributed by atoms with Crippen molar-refractivity contribution in [3.63, 3.8) is 0 Å². The largest absolute Gasteiger partial charge is 0.381 e. The molecule has 2 aromatic carbocycles. The van der Waals surface area contributed by atoms with Crippen LogP contribution in [0.1, 0.15) is 46.5 Å². The Morgan fingerprint density at radius 3 is 2.40 bits per heavy atom. The minimum absolute atomic E-state index is 0.0531. The molecule has 1 amide bonds. The van der Waals surface area contributed by atoms with Crippen LogP contribution < -0.4 is 5.32 Å². The molecule has 2 atom stereocenters. The number of benzene rings is 2. The third kappa shape index (κ3) is 4.43. The second kappa shape index (κ2) is 8.88. The van der Waals surface area contributed by atoms with Crippen molar-refractivity contribution in [1.29, 1.82) is 0 Å². The van der Waals surface area contributed by atoms with Gasteiger partial charge in [-0.25, -0.2) is 8.42 Å². The number of carbonyl (C=O) groups excluding carboxylic acids is 1. The molecule has 2 heterocycles. The van der Waals surface area contributed by atoms with E-state index >= 15 is 0 Å². The van der Waals surface area contributed by atoms with Gasteiger partial charge in [0.2, 0.25) is 10.0 Å². The molecule has 1 N–H and O–H groups in total. The van der Waals surface area contributed by atoms with Gasteiger partial charge in [-0.2, -0.15) is 4.31 Å². The van der Waals surface area contributed by atoms with Gasteiger partial charge < -0.3 is 10.1 Å². The molecule has 0 bridgehead atoms. The van der Waals surface area contributed by atoms with E-state index in [9.17, 15) is 13.2 Å². The number of sulfonamides is 1. The van der Waals surface area contributed by atoms with E-state index in [1.165, 1.54) is 0 Å². The third-order valence-corrected chi connectivity index (χ3v) is 8.38. The van der Waals surface area contributed by atoms with Gasteiger partial charge in [-0.3, -0.25) is 4.79 Å². The molecule has 0 spiro atoms. The number of rotatable bonds is 6. The van der Waals surface area contributed by atoms with Crippen LogP contribution in [0.3, 0.4) is 0 Å². The van der Waals surface area contributed by atoms with Crippen LogP contribution in [0.5, 0.6) is 0 Å². The third-order valence-electron chi connectivity index (χ3n) is 6.01. The highest BCUT2D eigenvalue weighted by Crippen LogP contribution is 2.38. The first-order valence-corrected chi connectivity index (χ1v) is 12.0. The van der Waals surface area contributed by atoms with Gasteiger partial charge >= 0.3 is 0 Å². The van der Waals surface area contributed by atoms with Crippen molar-refractivity contribution >= 4 is 15.9 Å². The van der Waals surface area contributed by atoms with Crippen LogP contribution in [0, 0.1) is 5.92 Å². The molecule has 0 aromatic heterocycles. The highest BCUT2D eigenvalue weighted by molar-refractivity contribution is 7.89. The summed E-state index contributed by atoms with van der Waals surface area (Å²) in [5.74, 6) is 0.285. The summed E-state index contributed by atoms with van der Waals surface area (Å²) in [5.41, 5.74) is 2.30. The number of hydrogen-bond acceptors (Lipinski definition) is 4. The van der Waals surface area contributed by atoms with Crippen LogP contribution in [0.25, 0.3) is 0 Å². The number of nitrogens with zero attached hydrogens (tertiary/aromatic N) is 1. The van der Waals surface area contributed by atoms with Crippen LogP contribution >= 0.6 is 0 Å². The van der Waals surface area contributed by atoms with Gasteiger partial charge in [-0.15, -0.1) is 0 Å². The van der Waals surface area contributed by atoms with Gasteiger partial charge in [0.25, 0.3) is 5.91 Å². The standard InChI is InChI=1S/C23H28N2O4S/c1-17-7-12-22(20-5-3-2-4-6-20)30(27,28)25(17)14-18-8-10-21(11-9-18)23(26)24-13-19-15-29-16-19/h2-6,8-11,17,19,22H,7,12-16H2,1H3,(H,24,26)/t17-,22?/m0/s1. The zero-order valence-electron chi connectivity index (χ0n) is 17.2. The maximum absolute atomic E-state index is 13.3. The van der Waals surface area contributed by atoms with E-state index in [1.807, 2.05) is 49.4 Å². The molecule has 2 fully saturated rings. The van der Waals surface area contributed by atoms with Crippen molar-refractivity contribution in [3.05, 3.63) is 71.3 Å². The SMILES string of the molecule is C[C@H]1CCC(c2ccccc2)S(=O)(=O)N1Cc1ccc(C(=O)NCC2COC2)cc1. The van der Waals surface area contributed by atoms with Crippen LogP contribution in [-0.4, -0.2) is 44.4 Å². The molecule has 0 aliphatic carbocycles. The fourth-order valence-electron chi connectivity index (χ4n) is 4.03. The lowest BCUT2D eigenvalue weighted by atomic mass is 10.0. The first-order chi connectivity index (χ1) is 14.4. The molecular weight excluding hydrogens is 400 g/mol. The van der Waals surface area contributed by atoms with Crippen LogP contribution in [0.4, 0.5) is 0 Å². The lowest BCUT2D eigenvalue weighted by Gasteiger charge is -2.37. The van der Waals surface area contributed by atoms with Gasteiger partial charge in [-0.05, 0) is 43.0 Å². The predicted octanol–water partition coefficient (Wildman–Crippen LogP) is 3.12. The number of amides is 1. The van der Waals surface area contributed by atoms with Crippen molar-refractivity contribution in [1.82, 2.24) is 9.62 Å². The fraction of sp³-hybridized carbons (Fsp3) is 0.435. The van der Waals surface area contributed by atoms with Crippen molar-refractivity contribution in [2.24, 2.45) is 5.92 Å². The van der Waals surface area contributed by atoms with Gasteiger partial charge in [0.15, 0.2) is 0 Å². The average Bonchev–Trinajstić information content (AvgIpc) is 2.71. The van der Waals surface area contributed by atoms with Gasteiger partial charge in [0, 0.05) is 30.6 Å². The number of hydrogen-bond donors (Lipinski definition) is 1. The molecule has 2 aliphatic heterocycles. The van der Waals surface area contributed by atoms with Crippen molar-refractivity contribution in [2.45, 2.75) is 37.6 Å². The molecule has 0 radical (unpaired) electrons. The van der Waals surface area contributed by atoms with E-state index in [2.05, 4.69) is 5.32 Å². The topological polar surface area (TPSA) is 75.7 Å². The molecule has 1 unspecified atom stereocenters. The van der Waals surface area contributed by atoms with Crippen LogP contribution in [0.15, 0.2) is 54.6 Å². The van der Waals surface area contributed by atoms with Crippen LogP contribution in [0.2, 0.25) is 0 Å². The van der Waals surface area contributed by atoms with E-state index in [0.717, 1.165) is 17.5 Å². The molecule has 6 nitrogen and oxygen atoms in total. The smallest absolute Gasteiger partial charge is 0.251 e. The molecule has 160 valence electrons. The monoisotopic (exact) mass is 428 g/mol. The second-order valence-corrected chi connectivity index (χ2v) is 10.3. The van der Waals surface area contributed by atoms with E-state index in [4.69, 9.17) is 4.74 Å². The summed E-state index contributed by atoms with van der Waals surface area (Å²) >= 11 is 0. The molecule has 2 saturated heterocycles. The Morgan fingerprint density at radius 2 is 1.77 bits per heavy atom. The Morgan fingerprint density at radius 1 is 1.07 bits per heavy atom. The highest BCUT2D eigenvalue weighted by atomic mass is 32.2. The molecular formula is C23H28N2O4S. The highest BCUT2D eigenvalue weighted by Gasteiger charge is 2.40. The second-order valence-electron chi connectivity index (χ2n) is 8.23. The van der Waals surface area contributed by atoms with Gasteiger partial charge in [-0.1, -0.05) is 42.5 Å². The van der Waals surface area contributed by atoms with Gasteiger partial charge in [0.05, 0.1) is 13.2 Å². The minimum atomic E-state index is -3.46. The Balaban J connectivity index is 1.44. The summed E-state index contributed by atoms with van der Waals surface area (Å²) < 4.78 is 33.4. The molecule has 7 heteroatoms. The fourth-order valence-corrected chi connectivity index (χ4v) is 6.23. The van der Waals surface area contributed by atoms with Crippen molar-refractivity contribution < 1.29 is 17.9 Å². The van der Waals surface area contributed by atoms with Crippen molar-refractivity contribution in [3.8, 4) is 0 Å². The summed E-state index contributed by atoms with van der Waals surface area (Å²) in [5, 5.41) is 2.42. The predicted molar refractivity (Wildman–Crippen MR) is 115 cm³/mol. The first kappa shape index (κ1) is 21.0. The number of ether oxygens (including phenoxy) is 1. The molecule has 0 saturated carbocycles. The molecule has 2 aromatic rings. The summed E-state index contributed by atoms with van der Waals surface area (Å²) in [7, 11) is -3.46. The zero-order chi connectivity index (χ0) is 21.1. The van der Waals surface area contributed by atoms with E-state index < -0.39 is 15.3 Å². The van der Waals surface area contributed by atoms with Crippen LogP contribution in [-0.2, 0) is 21.3 Å². The lowest BCUT2D eigenvalue weighted by Crippen LogP contribution is -2.44. The lowest BCUT2D eigenvalue weighted by molar-refractivity contribution is -0.0298. The minimum Gasteiger partial charge on any atom is -0.381 e. The maximum atomic E-state index is 13.3. The Hall–Kier alpha value is -2.22. The first-order valence-electron chi connectivity index (χ1n) is 10.5. The van der Waals surface area contributed by atoms with E-state index in [1.54, 1.807) is 16.4 Å². The summed E-state index contributed by atoms with van der Waals surface area (Å²) in [6, 6.07) is 16.6. The Kier molecular flexibility index (Phi) is 6.22. The summed E-state index contributed by atoms with van der Waals surface area (Å²) in [6.45, 7) is 4.29. The normalized spacial score (nSPS) is 24.2. The van der Waals surface area contributed by atoms with Gasteiger partial charge in [0.1, 0.15) is 5.25 Å². The Bertz CT molecular complexity index is 972. The quantitative estimate of drug-likeness (QED) is 0.767. The van der Waals surface area contributed by atoms with Crippen molar-refractivity contribution in [2.75, 3.05) is 19.8 Å². The molecule has 30 heavy (non-hydrogen) atoms. The average molecular weight is 429 g/mol. The molecule has 2 aliphatic rings. The maximum Gasteiger partial charge on any atom is 0.251 e. The zero-order valence-corrected chi connectivity index (χ0v) is 18.0. The summed E-state index contributed by atoms with van der Waals surface area (Å²) in [4.78, 5) is 12.3. The van der Waals surface area contributed by atoms with E-state index in [0.29, 0.717) is 44.2 Å². The van der Waals surface area contributed by atoms with E-state index in [-0.39, 0.29) is 11.9 Å². The summed E-state index contributed by atoms with van der Waals surface area (Å²) in [6.07, 6.45) is 1.46. The molecule has 4 rings (SSSR count). The number of nitrogens with one attached hydrogen (secondary N) is 1.